The van der Waals surface area contributed by atoms with E-state index in [9.17, 15) is 0 Å². The molecule has 1 fully saturated rings. The van der Waals surface area contributed by atoms with Gasteiger partial charge in [-0.15, -0.1) is 12.4 Å². The number of benzene rings is 1. The Bertz CT molecular complexity index is 512. The van der Waals surface area contributed by atoms with Crippen LogP contribution in [0.3, 0.4) is 0 Å². The molecule has 0 N–H and O–H groups in total. The van der Waals surface area contributed by atoms with Crippen LogP contribution in [0.5, 0.6) is 11.5 Å². The third-order valence-electron chi connectivity index (χ3n) is 4.53. The highest BCUT2D eigenvalue weighted by molar-refractivity contribution is 5.85. The first-order valence-corrected chi connectivity index (χ1v) is 8.55. The number of halogens is 1. The van der Waals surface area contributed by atoms with Crippen molar-refractivity contribution in [1.82, 2.24) is 4.90 Å². The summed E-state index contributed by atoms with van der Waals surface area (Å²) < 4.78 is 11.2. The lowest BCUT2D eigenvalue weighted by atomic mass is 9.89. The third kappa shape index (κ3) is 5.43. The van der Waals surface area contributed by atoms with E-state index in [2.05, 4.69) is 36.2 Å². The zero-order chi connectivity index (χ0) is 15.2. The Kier molecular flexibility index (Phi) is 7.25. The van der Waals surface area contributed by atoms with E-state index in [1.54, 1.807) is 0 Å². The van der Waals surface area contributed by atoms with Gasteiger partial charge in [-0.25, -0.2) is 0 Å². The van der Waals surface area contributed by atoms with Crippen molar-refractivity contribution in [3.05, 3.63) is 35.9 Å². The van der Waals surface area contributed by atoms with Gasteiger partial charge < -0.3 is 9.47 Å². The molecular formula is C19H28ClNO2. The number of hydrogen-bond acceptors (Lipinski definition) is 3. The molecule has 0 spiro atoms. The largest absolute Gasteiger partial charge is 0.486 e. The molecule has 0 unspecified atom stereocenters. The summed E-state index contributed by atoms with van der Waals surface area (Å²) in [5.74, 6) is 2.57. The number of nitrogens with zero attached hydrogens (tertiary/aromatic N) is 1. The second-order valence-electron chi connectivity index (χ2n) is 6.50. The Hall–Kier alpha value is -1.19. The molecule has 1 heterocycles. The summed E-state index contributed by atoms with van der Waals surface area (Å²) in [6, 6.07) is 6.26. The van der Waals surface area contributed by atoms with Gasteiger partial charge in [-0.05, 0) is 43.5 Å². The van der Waals surface area contributed by atoms with Crippen molar-refractivity contribution in [2.45, 2.75) is 38.6 Å². The molecule has 2 aliphatic rings. The van der Waals surface area contributed by atoms with Gasteiger partial charge in [-0.2, -0.15) is 0 Å². The molecule has 1 aliphatic carbocycles. The lowest BCUT2D eigenvalue weighted by molar-refractivity contribution is 0.171. The van der Waals surface area contributed by atoms with Crippen LogP contribution in [0.15, 0.2) is 30.4 Å². The third-order valence-corrected chi connectivity index (χ3v) is 4.53. The average molecular weight is 338 g/mol. The van der Waals surface area contributed by atoms with Gasteiger partial charge in [0.15, 0.2) is 11.5 Å². The van der Waals surface area contributed by atoms with E-state index in [1.807, 2.05) is 6.07 Å². The van der Waals surface area contributed by atoms with Gasteiger partial charge in [-0.3, -0.25) is 4.90 Å². The molecular weight excluding hydrogens is 310 g/mol. The Labute approximate surface area is 146 Å². The quantitative estimate of drug-likeness (QED) is 0.741. The summed E-state index contributed by atoms with van der Waals surface area (Å²) in [4.78, 5) is 2.34. The van der Waals surface area contributed by atoms with E-state index in [4.69, 9.17) is 9.47 Å². The summed E-state index contributed by atoms with van der Waals surface area (Å²) in [5, 5.41) is 0. The molecule has 0 bridgehead atoms. The topological polar surface area (TPSA) is 21.7 Å². The molecule has 0 radical (unpaired) electrons. The highest BCUT2D eigenvalue weighted by atomic mass is 35.5. The van der Waals surface area contributed by atoms with E-state index in [0.29, 0.717) is 13.2 Å². The molecule has 1 saturated carbocycles. The summed E-state index contributed by atoms with van der Waals surface area (Å²) in [6.45, 7) is 3.24. The second-order valence-corrected chi connectivity index (χ2v) is 6.50. The van der Waals surface area contributed by atoms with Gasteiger partial charge in [0.2, 0.25) is 0 Å². The zero-order valence-electron chi connectivity index (χ0n) is 14.0. The minimum atomic E-state index is 0. The fourth-order valence-electron chi connectivity index (χ4n) is 3.32. The van der Waals surface area contributed by atoms with Crippen molar-refractivity contribution in [2.24, 2.45) is 5.92 Å². The number of hydrogen-bond donors (Lipinski definition) is 0. The number of likely N-dealkylation sites (N-methyl/N-ethyl adjacent to an activating group) is 1. The molecule has 0 atom stereocenters. The number of rotatable bonds is 5. The molecule has 3 nitrogen and oxygen atoms in total. The van der Waals surface area contributed by atoms with Crippen LogP contribution in [-0.4, -0.2) is 31.7 Å². The first kappa shape index (κ1) is 18.2. The van der Waals surface area contributed by atoms with Gasteiger partial charge in [0.1, 0.15) is 13.2 Å². The highest BCUT2D eigenvalue weighted by Gasteiger charge is 2.12. The first-order chi connectivity index (χ1) is 10.8. The summed E-state index contributed by atoms with van der Waals surface area (Å²) in [7, 11) is 2.17. The first-order valence-electron chi connectivity index (χ1n) is 8.55. The van der Waals surface area contributed by atoms with Crippen molar-refractivity contribution in [1.29, 1.82) is 0 Å². The van der Waals surface area contributed by atoms with E-state index < -0.39 is 0 Å². The standard InChI is InChI=1S/C19H27NO2.ClH/c1-20(11-5-8-16-6-3-2-4-7-16)15-17-9-10-18-19(14-17)22-13-12-21-18;/h5,8-10,14,16H,2-4,6-7,11-13,15H2,1H3;1H/b8-5+;. The maximum Gasteiger partial charge on any atom is 0.161 e. The van der Waals surface area contributed by atoms with Gasteiger partial charge in [-0.1, -0.05) is 37.5 Å². The van der Waals surface area contributed by atoms with Crippen LogP contribution in [0.2, 0.25) is 0 Å². The number of fused-ring (bicyclic) bond motifs is 1. The fraction of sp³-hybridized carbons (Fsp3) is 0.579. The van der Waals surface area contributed by atoms with Crippen molar-refractivity contribution in [2.75, 3.05) is 26.8 Å². The fourth-order valence-corrected chi connectivity index (χ4v) is 3.32. The molecule has 0 amide bonds. The van der Waals surface area contributed by atoms with Gasteiger partial charge in [0.05, 0.1) is 0 Å². The predicted octanol–water partition coefficient (Wildman–Crippen LogP) is 4.45. The smallest absolute Gasteiger partial charge is 0.161 e. The van der Waals surface area contributed by atoms with Crippen LogP contribution >= 0.6 is 12.4 Å². The summed E-state index contributed by atoms with van der Waals surface area (Å²) in [6.07, 6.45) is 11.8. The molecule has 1 aromatic carbocycles. The SMILES string of the molecule is CN(C/C=C/C1CCCCC1)Cc1ccc2c(c1)OCCO2.Cl. The van der Waals surface area contributed by atoms with Crippen LogP contribution in [0, 0.1) is 5.92 Å². The molecule has 1 aliphatic heterocycles. The van der Waals surface area contributed by atoms with Gasteiger partial charge in [0.25, 0.3) is 0 Å². The van der Waals surface area contributed by atoms with E-state index in [1.165, 1.54) is 37.7 Å². The molecule has 1 aromatic rings. The van der Waals surface area contributed by atoms with Crippen LogP contribution in [-0.2, 0) is 6.54 Å². The van der Waals surface area contributed by atoms with Crippen LogP contribution < -0.4 is 9.47 Å². The Balaban J connectivity index is 0.00000192. The monoisotopic (exact) mass is 337 g/mol. The molecule has 23 heavy (non-hydrogen) atoms. The molecule has 0 saturated heterocycles. The predicted molar refractivity (Wildman–Crippen MR) is 96.7 cm³/mol. The van der Waals surface area contributed by atoms with Crippen LogP contribution in [0.4, 0.5) is 0 Å². The number of ether oxygens (including phenoxy) is 2. The van der Waals surface area contributed by atoms with Crippen molar-refractivity contribution < 1.29 is 9.47 Å². The molecule has 4 heteroatoms. The Morgan fingerprint density at radius 3 is 2.61 bits per heavy atom. The molecule has 128 valence electrons. The number of allylic oxidation sites excluding steroid dienone is 1. The van der Waals surface area contributed by atoms with E-state index in [-0.39, 0.29) is 12.4 Å². The average Bonchev–Trinajstić information content (AvgIpc) is 2.56. The Morgan fingerprint density at radius 1 is 1.09 bits per heavy atom. The van der Waals surface area contributed by atoms with E-state index in [0.717, 1.165) is 30.5 Å². The van der Waals surface area contributed by atoms with Crippen molar-refractivity contribution in [3.63, 3.8) is 0 Å². The minimum Gasteiger partial charge on any atom is -0.486 e. The maximum atomic E-state index is 5.65. The van der Waals surface area contributed by atoms with Crippen molar-refractivity contribution >= 4 is 12.4 Å². The highest BCUT2D eigenvalue weighted by Crippen LogP contribution is 2.31. The maximum absolute atomic E-state index is 5.65. The van der Waals surface area contributed by atoms with E-state index >= 15 is 0 Å². The van der Waals surface area contributed by atoms with Crippen molar-refractivity contribution in [3.8, 4) is 11.5 Å². The van der Waals surface area contributed by atoms with Crippen LogP contribution in [0.25, 0.3) is 0 Å². The lowest BCUT2D eigenvalue weighted by Gasteiger charge is -2.21. The van der Waals surface area contributed by atoms with Crippen LogP contribution in [0.1, 0.15) is 37.7 Å². The molecule has 0 aromatic heterocycles. The summed E-state index contributed by atoms with van der Waals surface area (Å²) in [5.41, 5.74) is 1.28. The minimum absolute atomic E-state index is 0. The normalized spacial score (nSPS) is 18.2. The summed E-state index contributed by atoms with van der Waals surface area (Å²) >= 11 is 0. The Morgan fingerprint density at radius 2 is 1.83 bits per heavy atom. The second kappa shape index (κ2) is 9.19. The lowest BCUT2D eigenvalue weighted by Crippen LogP contribution is -2.19. The molecule has 3 rings (SSSR count). The van der Waals surface area contributed by atoms with Gasteiger partial charge >= 0.3 is 0 Å². The van der Waals surface area contributed by atoms with Gasteiger partial charge in [0, 0.05) is 13.1 Å². The zero-order valence-corrected chi connectivity index (χ0v) is 14.8.